The number of nitrogen functional groups attached to an aromatic ring is 1. The van der Waals surface area contributed by atoms with Crippen molar-refractivity contribution < 1.29 is 9.53 Å². The lowest BCUT2D eigenvalue weighted by molar-refractivity contribution is 0.102. The van der Waals surface area contributed by atoms with Gasteiger partial charge in [-0.15, -0.1) is 0 Å². The first-order valence-corrected chi connectivity index (χ1v) is 7.07. The molecule has 0 fully saturated rings. The van der Waals surface area contributed by atoms with Crippen LogP contribution in [0.15, 0.2) is 42.5 Å². The van der Waals surface area contributed by atoms with E-state index in [0.717, 1.165) is 6.42 Å². The summed E-state index contributed by atoms with van der Waals surface area (Å²) in [6.45, 7) is 2.65. The number of carbonyl (C=O) groups excluding carboxylic acids is 1. The smallest absolute Gasteiger partial charge is 0.255 e. The predicted molar refractivity (Wildman–Crippen MR) is 86.0 cm³/mol. The van der Waals surface area contributed by atoms with Gasteiger partial charge in [-0.25, -0.2) is 0 Å². The Bertz CT molecular complexity index is 644. The molecule has 0 saturated carbocycles. The number of halogens is 1. The molecule has 0 unspecified atom stereocenters. The Kier molecular flexibility index (Phi) is 5.06. The molecule has 0 spiro atoms. The Balaban J connectivity index is 2.10. The van der Waals surface area contributed by atoms with Crippen molar-refractivity contribution in [1.82, 2.24) is 0 Å². The molecule has 0 radical (unpaired) electrons. The minimum Gasteiger partial charge on any atom is -0.494 e. The van der Waals surface area contributed by atoms with Crippen LogP contribution in [0, 0.1) is 0 Å². The Labute approximate surface area is 128 Å². The van der Waals surface area contributed by atoms with E-state index in [4.69, 9.17) is 22.1 Å². The third-order valence-electron chi connectivity index (χ3n) is 2.82. The highest BCUT2D eigenvalue weighted by Crippen LogP contribution is 2.23. The van der Waals surface area contributed by atoms with Crippen molar-refractivity contribution in [1.29, 1.82) is 0 Å². The molecule has 21 heavy (non-hydrogen) atoms. The van der Waals surface area contributed by atoms with Gasteiger partial charge in [0.1, 0.15) is 5.75 Å². The number of hydrogen-bond acceptors (Lipinski definition) is 3. The van der Waals surface area contributed by atoms with Crippen LogP contribution < -0.4 is 15.8 Å². The van der Waals surface area contributed by atoms with Crippen molar-refractivity contribution in [2.45, 2.75) is 13.3 Å². The molecular formula is C16H17ClN2O2. The maximum Gasteiger partial charge on any atom is 0.255 e. The standard InChI is InChI=1S/C16H17ClN2O2/c1-2-8-21-13-5-3-4-11(9-13)16(20)19-12-6-7-14(17)15(18)10-12/h3-7,9-10H,2,8,18H2,1H3,(H,19,20). The van der Waals surface area contributed by atoms with E-state index in [2.05, 4.69) is 5.32 Å². The SMILES string of the molecule is CCCOc1cccc(C(=O)Nc2ccc(Cl)c(N)c2)c1. The van der Waals surface area contributed by atoms with Gasteiger partial charge in [0.15, 0.2) is 0 Å². The Morgan fingerprint density at radius 1 is 1.29 bits per heavy atom. The molecule has 0 aromatic heterocycles. The number of ether oxygens (including phenoxy) is 1. The molecular weight excluding hydrogens is 288 g/mol. The number of hydrogen-bond donors (Lipinski definition) is 2. The van der Waals surface area contributed by atoms with Gasteiger partial charge in [0.05, 0.1) is 17.3 Å². The molecule has 0 aliphatic heterocycles. The number of amides is 1. The summed E-state index contributed by atoms with van der Waals surface area (Å²) >= 11 is 5.85. The molecule has 110 valence electrons. The summed E-state index contributed by atoms with van der Waals surface area (Å²) in [4.78, 5) is 12.2. The Hall–Kier alpha value is -2.20. The third kappa shape index (κ3) is 4.13. The van der Waals surface area contributed by atoms with Gasteiger partial charge in [-0.3, -0.25) is 4.79 Å². The summed E-state index contributed by atoms with van der Waals surface area (Å²) in [7, 11) is 0. The number of rotatable bonds is 5. The topological polar surface area (TPSA) is 64.3 Å². The van der Waals surface area contributed by atoms with Gasteiger partial charge in [0.25, 0.3) is 5.91 Å². The van der Waals surface area contributed by atoms with Crippen LogP contribution in [0.25, 0.3) is 0 Å². The van der Waals surface area contributed by atoms with Crippen LogP contribution >= 0.6 is 11.6 Å². The molecule has 0 heterocycles. The first-order chi connectivity index (χ1) is 10.1. The summed E-state index contributed by atoms with van der Waals surface area (Å²) in [6, 6.07) is 12.0. The van der Waals surface area contributed by atoms with Crippen LogP contribution in [0.1, 0.15) is 23.7 Å². The highest BCUT2D eigenvalue weighted by Gasteiger charge is 2.08. The van der Waals surface area contributed by atoms with Crippen molar-refractivity contribution in [3.05, 3.63) is 53.1 Å². The van der Waals surface area contributed by atoms with Crippen LogP contribution in [0.3, 0.4) is 0 Å². The minimum absolute atomic E-state index is 0.223. The number of nitrogens with one attached hydrogen (secondary N) is 1. The van der Waals surface area contributed by atoms with E-state index in [9.17, 15) is 4.79 Å². The van der Waals surface area contributed by atoms with Crippen LogP contribution in [-0.2, 0) is 0 Å². The summed E-state index contributed by atoms with van der Waals surface area (Å²) in [5.74, 6) is 0.457. The molecule has 5 heteroatoms. The minimum atomic E-state index is -0.223. The first kappa shape index (κ1) is 15.2. The van der Waals surface area contributed by atoms with E-state index < -0.39 is 0 Å². The van der Waals surface area contributed by atoms with Crippen LogP contribution in [0.2, 0.25) is 5.02 Å². The molecule has 2 aromatic carbocycles. The number of anilines is 2. The first-order valence-electron chi connectivity index (χ1n) is 6.69. The molecule has 3 N–H and O–H groups in total. The fourth-order valence-electron chi connectivity index (χ4n) is 1.77. The van der Waals surface area contributed by atoms with Gasteiger partial charge in [-0.05, 0) is 42.8 Å². The number of carbonyl (C=O) groups is 1. The summed E-state index contributed by atoms with van der Waals surface area (Å²) in [6.07, 6.45) is 0.917. The largest absolute Gasteiger partial charge is 0.494 e. The average molecular weight is 305 g/mol. The second-order valence-corrected chi connectivity index (χ2v) is 4.97. The molecule has 1 amide bonds. The third-order valence-corrected chi connectivity index (χ3v) is 3.17. The number of benzene rings is 2. The monoisotopic (exact) mass is 304 g/mol. The lowest BCUT2D eigenvalue weighted by Gasteiger charge is -2.09. The maximum atomic E-state index is 12.2. The Morgan fingerprint density at radius 2 is 2.10 bits per heavy atom. The zero-order valence-corrected chi connectivity index (χ0v) is 12.5. The van der Waals surface area contributed by atoms with Gasteiger partial charge in [-0.1, -0.05) is 24.6 Å². The average Bonchev–Trinajstić information content (AvgIpc) is 2.49. The highest BCUT2D eigenvalue weighted by molar-refractivity contribution is 6.33. The zero-order chi connectivity index (χ0) is 15.2. The van der Waals surface area contributed by atoms with E-state index in [0.29, 0.717) is 34.3 Å². The van der Waals surface area contributed by atoms with E-state index in [-0.39, 0.29) is 5.91 Å². The Morgan fingerprint density at radius 3 is 2.81 bits per heavy atom. The van der Waals surface area contributed by atoms with Crippen molar-refractivity contribution in [2.75, 3.05) is 17.7 Å². The number of nitrogens with two attached hydrogens (primary N) is 1. The van der Waals surface area contributed by atoms with E-state index in [1.165, 1.54) is 0 Å². The molecule has 0 atom stereocenters. The maximum absolute atomic E-state index is 12.2. The highest BCUT2D eigenvalue weighted by atomic mass is 35.5. The van der Waals surface area contributed by atoms with Gasteiger partial charge in [0, 0.05) is 11.3 Å². The quantitative estimate of drug-likeness (QED) is 0.822. The summed E-state index contributed by atoms with van der Waals surface area (Å²) in [5, 5.41) is 3.24. The second kappa shape index (κ2) is 6.99. The van der Waals surface area contributed by atoms with Gasteiger partial charge in [-0.2, -0.15) is 0 Å². The molecule has 0 saturated heterocycles. The van der Waals surface area contributed by atoms with Crippen LogP contribution in [-0.4, -0.2) is 12.5 Å². The fourth-order valence-corrected chi connectivity index (χ4v) is 1.89. The van der Waals surface area contributed by atoms with Crippen molar-refractivity contribution in [3.63, 3.8) is 0 Å². The molecule has 0 aliphatic rings. The van der Waals surface area contributed by atoms with Crippen LogP contribution in [0.4, 0.5) is 11.4 Å². The van der Waals surface area contributed by atoms with Gasteiger partial charge in [0.2, 0.25) is 0 Å². The molecule has 2 rings (SSSR count). The lowest BCUT2D eigenvalue weighted by Crippen LogP contribution is -2.12. The zero-order valence-electron chi connectivity index (χ0n) is 11.7. The second-order valence-electron chi connectivity index (χ2n) is 4.57. The van der Waals surface area contributed by atoms with E-state index in [1.54, 1.807) is 36.4 Å². The van der Waals surface area contributed by atoms with Crippen molar-refractivity contribution in [2.24, 2.45) is 0 Å². The van der Waals surface area contributed by atoms with E-state index >= 15 is 0 Å². The molecule has 4 nitrogen and oxygen atoms in total. The predicted octanol–water partition coefficient (Wildman–Crippen LogP) is 3.96. The molecule has 0 aliphatic carbocycles. The normalized spacial score (nSPS) is 10.2. The van der Waals surface area contributed by atoms with E-state index in [1.807, 2.05) is 13.0 Å². The van der Waals surface area contributed by atoms with Crippen molar-refractivity contribution in [3.8, 4) is 5.75 Å². The fraction of sp³-hybridized carbons (Fsp3) is 0.188. The van der Waals surface area contributed by atoms with Crippen LogP contribution in [0.5, 0.6) is 5.75 Å². The molecule has 2 aromatic rings. The summed E-state index contributed by atoms with van der Waals surface area (Å²) < 4.78 is 5.51. The van der Waals surface area contributed by atoms with Gasteiger partial charge >= 0.3 is 0 Å². The molecule has 0 bridgehead atoms. The summed E-state index contributed by atoms with van der Waals surface area (Å²) in [5.41, 5.74) is 7.26. The van der Waals surface area contributed by atoms with Crippen molar-refractivity contribution >= 4 is 28.9 Å². The lowest BCUT2D eigenvalue weighted by atomic mass is 10.2. The van der Waals surface area contributed by atoms with Gasteiger partial charge < -0.3 is 15.8 Å².